The van der Waals surface area contributed by atoms with Gasteiger partial charge in [-0.25, -0.2) is 18.5 Å². The van der Waals surface area contributed by atoms with Crippen molar-refractivity contribution in [3.63, 3.8) is 0 Å². The molecule has 110 valence electrons. The van der Waals surface area contributed by atoms with Crippen molar-refractivity contribution in [1.29, 1.82) is 0 Å². The second-order valence-electron chi connectivity index (χ2n) is 4.20. The first-order chi connectivity index (χ1) is 8.63. The van der Waals surface area contributed by atoms with E-state index in [0.717, 1.165) is 0 Å². The molecule has 0 bridgehead atoms. The Bertz CT molecular complexity index is 523. The molecule has 1 aromatic heterocycles. The van der Waals surface area contributed by atoms with Crippen molar-refractivity contribution in [1.82, 2.24) is 9.55 Å². The van der Waals surface area contributed by atoms with Gasteiger partial charge in [0.25, 0.3) is 10.0 Å². The lowest BCUT2D eigenvalue weighted by molar-refractivity contribution is -0.135. The molecule has 0 saturated heterocycles. The predicted octanol–water partition coefficient (Wildman–Crippen LogP) is 1.83. The average molecular weight is 299 g/mol. The van der Waals surface area contributed by atoms with Gasteiger partial charge in [-0.3, -0.25) is 0 Å². The van der Waals surface area contributed by atoms with E-state index < -0.39 is 22.6 Å². The molecule has 0 aliphatic rings. The summed E-state index contributed by atoms with van der Waals surface area (Å²) < 4.78 is 59.9. The number of alkyl halides is 3. The topological polar surface area (TPSA) is 78.0 Å². The number of aryl methyl sites for hydroxylation is 2. The van der Waals surface area contributed by atoms with Crippen LogP contribution in [0, 0.1) is 0 Å². The number of rotatable bonds is 6. The van der Waals surface area contributed by atoms with Crippen LogP contribution in [0.1, 0.15) is 32.0 Å². The van der Waals surface area contributed by atoms with Crippen LogP contribution >= 0.6 is 0 Å². The van der Waals surface area contributed by atoms with E-state index in [9.17, 15) is 21.6 Å². The number of hydrogen-bond donors (Lipinski definition) is 1. The zero-order valence-electron chi connectivity index (χ0n) is 10.4. The largest absolute Gasteiger partial charge is 0.389 e. The van der Waals surface area contributed by atoms with Gasteiger partial charge in [-0.1, -0.05) is 6.92 Å². The lowest BCUT2D eigenvalue weighted by Gasteiger charge is -2.08. The van der Waals surface area contributed by atoms with E-state index in [2.05, 4.69) is 4.98 Å². The van der Waals surface area contributed by atoms with Crippen molar-refractivity contribution < 1.29 is 21.6 Å². The minimum atomic E-state index is -4.21. The van der Waals surface area contributed by atoms with E-state index in [1.54, 1.807) is 0 Å². The molecule has 1 aromatic rings. The Morgan fingerprint density at radius 1 is 1.42 bits per heavy atom. The Hall–Kier alpha value is -1.09. The summed E-state index contributed by atoms with van der Waals surface area (Å²) in [5, 5.41) is 4.65. The Balaban J connectivity index is 2.83. The van der Waals surface area contributed by atoms with Crippen LogP contribution < -0.4 is 5.14 Å². The van der Waals surface area contributed by atoms with Crippen molar-refractivity contribution >= 4 is 10.0 Å². The minimum absolute atomic E-state index is 0.0668. The standard InChI is InChI=1S/C10H16F3N3O2S/c1-2-4-8-15-9(19(14,17)18)7-16(8)6-3-5-10(11,12)13/h7H,2-6H2,1H3,(H2,14,17,18). The first kappa shape index (κ1) is 16.0. The van der Waals surface area contributed by atoms with Gasteiger partial charge in [0.15, 0.2) is 5.03 Å². The van der Waals surface area contributed by atoms with Crippen LogP contribution in [0.4, 0.5) is 13.2 Å². The number of imidazole rings is 1. The summed E-state index contributed by atoms with van der Waals surface area (Å²) in [4.78, 5) is 3.86. The molecule has 0 aliphatic carbocycles. The molecule has 0 amide bonds. The molecule has 5 nitrogen and oxygen atoms in total. The molecule has 9 heteroatoms. The molecule has 0 aromatic carbocycles. The van der Waals surface area contributed by atoms with Crippen LogP contribution in [0.2, 0.25) is 0 Å². The fourth-order valence-electron chi connectivity index (χ4n) is 1.63. The number of hydrogen-bond acceptors (Lipinski definition) is 3. The normalized spacial score (nSPS) is 12.9. The zero-order chi connectivity index (χ0) is 14.7. The Labute approximate surface area is 109 Å². The molecular formula is C10H16F3N3O2S. The van der Waals surface area contributed by atoms with E-state index in [1.165, 1.54) is 10.8 Å². The average Bonchev–Trinajstić information content (AvgIpc) is 2.60. The molecule has 19 heavy (non-hydrogen) atoms. The lowest BCUT2D eigenvalue weighted by Crippen LogP contribution is -2.12. The predicted molar refractivity (Wildman–Crippen MR) is 62.9 cm³/mol. The van der Waals surface area contributed by atoms with Crippen LogP contribution in [-0.4, -0.2) is 24.1 Å². The first-order valence-electron chi connectivity index (χ1n) is 5.79. The number of nitrogens with zero attached hydrogens (tertiary/aromatic N) is 2. The van der Waals surface area contributed by atoms with Gasteiger partial charge in [-0.2, -0.15) is 13.2 Å². The molecule has 0 unspecified atom stereocenters. The summed E-state index contributed by atoms with van der Waals surface area (Å²) in [5.41, 5.74) is 0. The second-order valence-corrected chi connectivity index (χ2v) is 5.71. The zero-order valence-corrected chi connectivity index (χ0v) is 11.3. The Morgan fingerprint density at radius 3 is 2.53 bits per heavy atom. The van der Waals surface area contributed by atoms with Crippen molar-refractivity contribution in [2.75, 3.05) is 0 Å². The highest BCUT2D eigenvalue weighted by atomic mass is 32.2. The summed E-state index contributed by atoms with van der Waals surface area (Å²) in [7, 11) is -3.93. The van der Waals surface area contributed by atoms with Gasteiger partial charge in [0.2, 0.25) is 0 Å². The fraction of sp³-hybridized carbons (Fsp3) is 0.700. The van der Waals surface area contributed by atoms with Crippen molar-refractivity contribution in [3.05, 3.63) is 12.0 Å². The van der Waals surface area contributed by atoms with Crippen LogP contribution in [0.3, 0.4) is 0 Å². The van der Waals surface area contributed by atoms with E-state index in [-0.39, 0.29) is 18.0 Å². The molecule has 0 saturated carbocycles. The number of nitrogens with two attached hydrogens (primary N) is 1. The lowest BCUT2D eigenvalue weighted by atomic mass is 10.3. The van der Waals surface area contributed by atoms with Crippen LogP contribution in [0.25, 0.3) is 0 Å². The third kappa shape index (κ3) is 5.19. The molecule has 0 spiro atoms. The summed E-state index contributed by atoms with van der Waals surface area (Å²) in [6, 6.07) is 0. The van der Waals surface area contributed by atoms with Gasteiger partial charge in [0, 0.05) is 25.6 Å². The quantitative estimate of drug-likeness (QED) is 0.870. The highest BCUT2D eigenvalue weighted by Gasteiger charge is 2.26. The second kappa shape index (κ2) is 5.91. The number of sulfonamides is 1. The molecule has 1 heterocycles. The van der Waals surface area contributed by atoms with E-state index in [4.69, 9.17) is 5.14 Å². The fourth-order valence-corrected chi connectivity index (χ4v) is 2.14. The van der Waals surface area contributed by atoms with Gasteiger partial charge >= 0.3 is 6.18 Å². The van der Waals surface area contributed by atoms with Crippen molar-refractivity contribution in [3.8, 4) is 0 Å². The van der Waals surface area contributed by atoms with Gasteiger partial charge in [-0.05, 0) is 12.8 Å². The maximum atomic E-state index is 12.1. The molecular weight excluding hydrogens is 283 g/mol. The van der Waals surface area contributed by atoms with Gasteiger partial charge < -0.3 is 4.57 Å². The maximum Gasteiger partial charge on any atom is 0.389 e. The monoisotopic (exact) mass is 299 g/mol. The summed E-state index contributed by atoms with van der Waals surface area (Å²) in [6.45, 7) is 1.93. The van der Waals surface area contributed by atoms with Crippen LogP contribution in [0.15, 0.2) is 11.2 Å². The van der Waals surface area contributed by atoms with Gasteiger partial charge in [-0.15, -0.1) is 0 Å². The molecule has 0 atom stereocenters. The number of halogens is 3. The van der Waals surface area contributed by atoms with Gasteiger partial charge in [0.05, 0.1) is 0 Å². The third-order valence-corrected chi connectivity index (χ3v) is 3.24. The maximum absolute atomic E-state index is 12.1. The van der Waals surface area contributed by atoms with Crippen molar-refractivity contribution in [2.45, 2.75) is 50.4 Å². The van der Waals surface area contributed by atoms with Crippen molar-refractivity contribution in [2.24, 2.45) is 5.14 Å². The highest BCUT2D eigenvalue weighted by molar-refractivity contribution is 7.89. The summed E-state index contributed by atoms with van der Waals surface area (Å²) >= 11 is 0. The van der Waals surface area contributed by atoms with Gasteiger partial charge in [0.1, 0.15) is 5.82 Å². The number of aromatic nitrogens is 2. The highest BCUT2D eigenvalue weighted by Crippen LogP contribution is 2.22. The number of primary sulfonamides is 1. The molecule has 0 fully saturated rings. The van der Waals surface area contributed by atoms with E-state index in [1.807, 2.05) is 6.92 Å². The van der Waals surface area contributed by atoms with Crippen LogP contribution in [-0.2, 0) is 23.0 Å². The van der Waals surface area contributed by atoms with E-state index >= 15 is 0 Å². The van der Waals surface area contributed by atoms with E-state index in [0.29, 0.717) is 18.7 Å². The minimum Gasteiger partial charge on any atom is -0.333 e. The molecule has 1 rings (SSSR count). The third-order valence-electron chi connectivity index (χ3n) is 2.46. The smallest absolute Gasteiger partial charge is 0.333 e. The molecule has 0 aliphatic heterocycles. The molecule has 2 N–H and O–H groups in total. The summed E-state index contributed by atoms with van der Waals surface area (Å²) in [6.07, 6.45) is -2.87. The first-order valence-corrected chi connectivity index (χ1v) is 7.33. The SMILES string of the molecule is CCCc1nc(S(N)(=O)=O)cn1CCCC(F)(F)F. The Morgan fingerprint density at radius 2 is 2.05 bits per heavy atom. The summed E-state index contributed by atoms with van der Waals surface area (Å²) in [5.74, 6) is 0.439. The van der Waals surface area contributed by atoms with Crippen LogP contribution in [0.5, 0.6) is 0 Å². The molecule has 0 radical (unpaired) electrons. The Kier molecular flexibility index (Phi) is 4.97.